The van der Waals surface area contributed by atoms with Gasteiger partial charge in [0.05, 0.1) is 6.61 Å². The van der Waals surface area contributed by atoms with E-state index in [0.717, 1.165) is 18.8 Å². The van der Waals surface area contributed by atoms with Crippen molar-refractivity contribution in [3.63, 3.8) is 0 Å². The standard InChI is InChI=1S/C12H20ClN3O/c1-4-17-12-7-11(15-10(3)16-12)14-8-9(2)5-6-13/h7,9H,4-6,8H2,1-3H3,(H,14,15,16). The number of alkyl halides is 1. The Balaban J connectivity index is 2.57. The zero-order chi connectivity index (χ0) is 12.7. The first-order valence-electron chi connectivity index (χ1n) is 5.94. The van der Waals surface area contributed by atoms with Crippen LogP contribution in [0.3, 0.4) is 0 Å². The fraction of sp³-hybridized carbons (Fsp3) is 0.667. The van der Waals surface area contributed by atoms with Crippen LogP contribution in [0.15, 0.2) is 6.07 Å². The van der Waals surface area contributed by atoms with E-state index in [-0.39, 0.29) is 0 Å². The van der Waals surface area contributed by atoms with Crippen LogP contribution < -0.4 is 10.1 Å². The second-order valence-corrected chi connectivity index (χ2v) is 4.41. The predicted octanol–water partition coefficient (Wildman–Crippen LogP) is 2.86. The Hall–Kier alpha value is -1.03. The summed E-state index contributed by atoms with van der Waals surface area (Å²) >= 11 is 5.70. The van der Waals surface area contributed by atoms with Gasteiger partial charge >= 0.3 is 0 Å². The van der Waals surface area contributed by atoms with Crippen LogP contribution in [0.2, 0.25) is 0 Å². The molecular formula is C12H20ClN3O. The molecule has 0 saturated carbocycles. The molecule has 1 N–H and O–H groups in total. The number of rotatable bonds is 7. The monoisotopic (exact) mass is 257 g/mol. The lowest BCUT2D eigenvalue weighted by atomic mass is 10.1. The summed E-state index contributed by atoms with van der Waals surface area (Å²) in [4.78, 5) is 8.51. The van der Waals surface area contributed by atoms with Crippen molar-refractivity contribution >= 4 is 17.4 Å². The van der Waals surface area contributed by atoms with Crippen molar-refractivity contribution in [3.05, 3.63) is 11.9 Å². The summed E-state index contributed by atoms with van der Waals surface area (Å²) in [5.41, 5.74) is 0. The first-order valence-corrected chi connectivity index (χ1v) is 6.47. The third-order valence-electron chi connectivity index (χ3n) is 2.34. The number of aryl methyl sites for hydroxylation is 1. The van der Waals surface area contributed by atoms with Crippen molar-refractivity contribution in [2.45, 2.75) is 27.2 Å². The van der Waals surface area contributed by atoms with Crippen LogP contribution in [0, 0.1) is 12.8 Å². The minimum Gasteiger partial charge on any atom is -0.478 e. The van der Waals surface area contributed by atoms with Gasteiger partial charge in [0.25, 0.3) is 0 Å². The second kappa shape index (κ2) is 7.33. The summed E-state index contributed by atoms with van der Waals surface area (Å²) in [7, 11) is 0. The molecule has 0 fully saturated rings. The first kappa shape index (κ1) is 14.0. The van der Waals surface area contributed by atoms with Crippen molar-refractivity contribution in [1.29, 1.82) is 0 Å². The van der Waals surface area contributed by atoms with E-state index in [9.17, 15) is 0 Å². The predicted molar refractivity (Wildman–Crippen MR) is 70.9 cm³/mol. The second-order valence-electron chi connectivity index (χ2n) is 4.04. The summed E-state index contributed by atoms with van der Waals surface area (Å²) in [6, 6.07) is 1.82. The first-order chi connectivity index (χ1) is 8.15. The SMILES string of the molecule is CCOc1cc(NCC(C)CCCl)nc(C)n1. The number of ether oxygens (including phenoxy) is 1. The smallest absolute Gasteiger partial charge is 0.218 e. The molecule has 0 aliphatic rings. The maximum atomic E-state index is 5.70. The van der Waals surface area contributed by atoms with E-state index < -0.39 is 0 Å². The zero-order valence-corrected chi connectivity index (χ0v) is 11.4. The number of halogens is 1. The summed E-state index contributed by atoms with van der Waals surface area (Å²) in [5, 5.41) is 3.28. The molecule has 0 saturated heterocycles. The van der Waals surface area contributed by atoms with E-state index in [1.807, 2.05) is 19.9 Å². The summed E-state index contributed by atoms with van der Waals surface area (Å²) in [6.45, 7) is 7.42. The molecule has 1 heterocycles. The fourth-order valence-electron chi connectivity index (χ4n) is 1.42. The van der Waals surface area contributed by atoms with Gasteiger partial charge in [-0.05, 0) is 26.2 Å². The highest BCUT2D eigenvalue weighted by atomic mass is 35.5. The number of hydrogen-bond donors (Lipinski definition) is 1. The van der Waals surface area contributed by atoms with Crippen molar-refractivity contribution in [2.75, 3.05) is 24.3 Å². The largest absolute Gasteiger partial charge is 0.478 e. The molecule has 1 aromatic rings. The molecule has 0 aromatic carbocycles. The van der Waals surface area contributed by atoms with E-state index in [1.165, 1.54) is 0 Å². The number of hydrogen-bond acceptors (Lipinski definition) is 4. The van der Waals surface area contributed by atoms with Gasteiger partial charge in [0.2, 0.25) is 5.88 Å². The van der Waals surface area contributed by atoms with Gasteiger partial charge in [-0.15, -0.1) is 11.6 Å². The minimum atomic E-state index is 0.526. The zero-order valence-electron chi connectivity index (χ0n) is 10.7. The molecule has 0 radical (unpaired) electrons. The van der Waals surface area contributed by atoms with Crippen LogP contribution in [0.4, 0.5) is 5.82 Å². The van der Waals surface area contributed by atoms with Crippen LogP contribution >= 0.6 is 11.6 Å². The lowest BCUT2D eigenvalue weighted by Gasteiger charge is -2.12. The fourth-order valence-corrected chi connectivity index (χ4v) is 1.79. The van der Waals surface area contributed by atoms with Gasteiger partial charge < -0.3 is 10.1 Å². The molecule has 1 unspecified atom stereocenters. The molecule has 1 rings (SSSR count). The van der Waals surface area contributed by atoms with Gasteiger partial charge in [0, 0.05) is 18.5 Å². The van der Waals surface area contributed by atoms with Gasteiger partial charge in [0.15, 0.2) is 0 Å². The Labute approximate surface area is 108 Å². The molecule has 4 nitrogen and oxygen atoms in total. The summed E-state index contributed by atoms with van der Waals surface area (Å²) in [6.07, 6.45) is 0.997. The van der Waals surface area contributed by atoms with E-state index in [0.29, 0.717) is 30.1 Å². The van der Waals surface area contributed by atoms with E-state index >= 15 is 0 Å². The summed E-state index contributed by atoms with van der Waals surface area (Å²) < 4.78 is 5.37. The van der Waals surface area contributed by atoms with Gasteiger partial charge in [-0.1, -0.05) is 6.92 Å². The van der Waals surface area contributed by atoms with Crippen LogP contribution in [0.25, 0.3) is 0 Å². The third kappa shape index (κ3) is 5.22. The van der Waals surface area contributed by atoms with E-state index in [2.05, 4.69) is 22.2 Å². The molecule has 0 aliphatic carbocycles. The maximum Gasteiger partial charge on any atom is 0.218 e. The van der Waals surface area contributed by atoms with Gasteiger partial charge in [-0.25, -0.2) is 4.98 Å². The quantitative estimate of drug-likeness (QED) is 0.763. The lowest BCUT2D eigenvalue weighted by Crippen LogP contribution is -2.13. The lowest BCUT2D eigenvalue weighted by molar-refractivity contribution is 0.325. The highest BCUT2D eigenvalue weighted by molar-refractivity contribution is 6.17. The Kier molecular flexibility index (Phi) is 6.05. The Morgan fingerprint density at radius 1 is 1.47 bits per heavy atom. The molecule has 0 amide bonds. The van der Waals surface area contributed by atoms with Gasteiger partial charge in [0.1, 0.15) is 11.6 Å². The third-order valence-corrected chi connectivity index (χ3v) is 2.56. The molecule has 1 aromatic heterocycles. The van der Waals surface area contributed by atoms with Crippen molar-refractivity contribution in [3.8, 4) is 5.88 Å². The Morgan fingerprint density at radius 2 is 2.24 bits per heavy atom. The van der Waals surface area contributed by atoms with Crippen LogP contribution in [-0.2, 0) is 0 Å². The van der Waals surface area contributed by atoms with Crippen LogP contribution in [0.5, 0.6) is 5.88 Å². The Morgan fingerprint density at radius 3 is 2.88 bits per heavy atom. The summed E-state index contributed by atoms with van der Waals surface area (Å²) in [5.74, 6) is 3.35. The molecule has 0 bridgehead atoms. The molecule has 0 spiro atoms. The molecule has 0 aliphatic heterocycles. The van der Waals surface area contributed by atoms with Crippen LogP contribution in [-0.4, -0.2) is 29.0 Å². The average molecular weight is 258 g/mol. The van der Waals surface area contributed by atoms with E-state index in [4.69, 9.17) is 16.3 Å². The van der Waals surface area contributed by atoms with Gasteiger partial charge in [-0.2, -0.15) is 4.98 Å². The molecular weight excluding hydrogens is 238 g/mol. The number of nitrogens with zero attached hydrogens (tertiary/aromatic N) is 2. The average Bonchev–Trinajstić information content (AvgIpc) is 2.26. The number of nitrogens with one attached hydrogen (secondary N) is 1. The Bertz CT molecular complexity index is 347. The normalized spacial score (nSPS) is 12.2. The van der Waals surface area contributed by atoms with Gasteiger partial charge in [-0.3, -0.25) is 0 Å². The maximum absolute atomic E-state index is 5.70. The van der Waals surface area contributed by atoms with Crippen LogP contribution in [0.1, 0.15) is 26.1 Å². The molecule has 96 valence electrons. The highest BCUT2D eigenvalue weighted by Gasteiger charge is 2.05. The van der Waals surface area contributed by atoms with Crippen molar-refractivity contribution in [1.82, 2.24) is 9.97 Å². The highest BCUT2D eigenvalue weighted by Crippen LogP contribution is 2.14. The molecule has 17 heavy (non-hydrogen) atoms. The number of aromatic nitrogens is 2. The molecule has 1 atom stereocenters. The molecule has 5 heteroatoms. The minimum absolute atomic E-state index is 0.526. The topological polar surface area (TPSA) is 47.0 Å². The van der Waals surface area contributed by atoms with E-state index in [1.54, 1.807) is 0 Å². The van der Waals surface area contributed by atoms with Crippen molar-refractivity contribution < 1.29 is 4.74 Å². The van der Waals surface area contributed by atoms with Crippen molar-refractivity contribution in [2.24, 2.45) is 5.92 Å². The number of anilines is 1.